The molecule has 0 spiro atoms. The van der Waals surface area contributed by atoms with Crippen molar-refractivity contribution in [3.05, 3.63) is 71.2 Å². The third-order valence-corrected chi connectivity index (χ3v) is 3.27. The number of aliphatic carboxylic acids is 1. The second kappa shape index (κ2) is 6.87. The molecule has 0 radical (unpaired) electrons. The molecule has 22 heavy (non-hydrogen) atoms. The maximum atomic E-state index is 12.4. The summed E-state index contributed by atoms with van der Waals surface area (Å²) in [6, 6.07) is 12.1. The number of carboxylic acid groups (broad SMARTS) is 1. The van der Waals surface area contributed by atoms with Gasteiger partial charge in [0, 0.05) is 25.1 Å². The van der Waals surface area contributed by atoms with Gasteiger partial charge >= 0.3 is 5.97 Å². The Labute approximate surface area is 132 Å². The van der Waals surface area contributed by atoms with E-state index >= 15 is 0 Å². The summed E-state index contributed by atoms with van der Waals surface area (Å²) in [4.78, 5) is 29.1. The number of para-hydroxylation sites is 1. The summed E-state index contributed by atoms with van der Waals surface area (Å²) in [5.74, 6) is -2.01. The van der Waals surface area contributed by atoms with Gasteiger partial charge < -0.3 is 10.0 Å². The summed E-state index contributed by atoms with van der Waals surface area (Å²) in [5.41, 5.74) is 0.423. The van der Waals surface area contributed by atoms with Gasteiger partial charge in [0.25, 0.3) is 0 Å². The Kier molecular flexibility index (Phi) is 4.91. The average molecular weight is 317 g/mol. The van der Waals surface area contributed by atoms with Crippen molar-refractivity contribution in [1.29, 1.82) is 0 Å². The monoisotopic (exact) mass is 316 g/mol. The lowest BCUT2D eigenvalue weighted by Gasteiger charge is -2.15. The number of pyridine rings is 1. The number of carbonyl (C=O) groups excluding carboxylic acids is 1. The molecule has 2 rings (SSSR count). The van der Waals surface area contributed by atoms with Gasteiger partial charge in [0.15, 0.2) is 0 Å². The zero-order chi connectivity index (χ0) is 16.1. The van der Waals surface area contributed by atoms with Crippen LogP contribution in [0.25, 0.3) is 0 Å². The van der Waals surface area contributed by atoms with E-state index in [9.17, 15) is 14.7 Å². The highest BCUT2D eigenvalue weighted by molar-refractivity contribution is 6.35. The van der Waals surface area contributed by atoms with Crippen LogP contribution in [0.3, 0.4) is 0 Å². The molecule has 6 heteroatoms. The van der Waals surface area contributed by atoms with Crippen molar-refractivity contribution in [1.82, 2.24) is 4.98 Å². The Balaban J connectivity index is 2.39. The zero-order valence-electron chi connectivity index (χ0n) is 11.7. The lowest BCUT2D eigenvalue weighted by molar-refractivity contribution is -0.132. The minimum absolute atomic E-state index is 0.0259. The van der Waals surface area contributed by atoms with Crippen LogP contribution in [-0.2, 0) is 4.79 Å². The number of Topliss-reactive ketones (excluding diaryl/α,β-unsaturated/α-hetero) is 1. The standard InChI is InChI=1S/C16H13ClN2O3/c1-19(11-6-3-2-4-7-11)10-13(16(21)22)14(20)12-8-5-9-18-15(12)17/h2-10H,1H3,(H,21,22). The number of aromatic nitrogens is 1. The summed E-state index contributed by atoms with van der Waals surface area (Å²) >= 11 is 5.86. The molecule has 112 valence electrons. The number of halogens is 1. The normalized spacial score (nSPS) is 11.1. The molecular formula is C16H13ClN2O3. The fourth-order valence-electron chi connectivity index (χ4n) is 1.84. The first-order valence-corrected chi connectivity index (χ1v) is 6.76. The molecule has 0 saturated heterocycles. The molecule has 0 fully saturated rings. The van der Waals surface area contributed by atoms with E-state index in [1.54, 1.807) is 24.1 Å². The number of anilines is 1. The van der Waals surface area contributed by atoms with Crippen LogP contribution in [0.5, 0.6) is 0 Å². The summed E-state index contributed by atoms with van der Waals surface area (Å²) in [6.07, 6.45) is 2.70. The molecule has 1 heterocycles. The molecule has 0 aliphatic rings. The van der Waals surface area contributed by atoms with Crippen LogP contribution in [0.15, 0.2) is 60.4 Å². The van der Waals surface area contributed by atoms with Crippen LogP contribution >= 0.6 is 11.6 Å². The fraction of sp³-hybridized carbons (Fsp3) is 0.0625. The highest BCUT2D eigenvalue weighted by Gasteiger charge is 2.22. The van der Waals surface area contributed by atoms with E-state index < -0.39 is 11.8 Å². The maximum absolute atomic E-state index is 12.4. The van der Waals surface area contributed by atoms with Crippen LogP contribution in [0.4, 0.5) is 5.69 Å². The number of nitrogens with zero attached hydrogens (tertiary/aromatic N) is 2. The lowest BCUT2D eigenvalue weighted by Crippen LogP contribution is -2.19. The molecule has 1 aromatic carbocycles. The van der Waals surface area contributed by atoms with E-state index in [-0.39, 0.29) is 16.3 Å². The second-order valence-electron chi connectivity index (χ2n) is 4.47. The smallest absolute Gasteiger partial charge is 0.341 e. The number of ketones is 1. The van der Waals surface area contributed by atoms with Gasteiger partial charge in [0.1, 0.15) is 10.7 Å². The number of benzene rings is 1. The average Bonchev–Trinajstić information content (AvgIpc) is 2.52. The molecule has 5 nitrogen and oxygen atoms in total. The van der Waals surface area contributed by atoms with Crippen molar-refractivity contribution in [3.8, 4) is 0 Å². The van der Waals surface area contributed by atoms with Gasteiger partial charge in [0.2, 0.25) is 5.78 Å². The Hall–Kier alpha value is -2.66. The quantitative estimate of drug-likeness (QED) is 0.302. The minimum Gasteiger partial charge on any atom is -0.477 e. The second-order valence-corrected chi connectivity index (χ2v) is 4.82. The summed E-state index contributed by atoms with van der Waals surface area (Å²) in [5, 5.41) is 9.29. The number of carbonyl (C=O) groups is 2. The Bertz CT molecular complexity index is 729. The van der Waals surface area contributed by atoms with E-state index in [2.05, 4.69) is 4.98 Å². The number of hydrogen-bond acceptors (Lipinski definition) is 4. The van der Waals surface area contributed by atoms with Crippen molar-refractivity contribution < 1.29 is 14.7 Å². The van der Waals surface area contributed by atoms with Crippen LogP contribution < -0.4 is 4.90 Å². The molecular weight excluding hydrogens is 304 g/mol. The zero-order valence-corrected chi connectivity index (χ0v) is 12.5. The Morgan fingerprint density at radius 3 is 2.45 bits per heavy atom. The Morgan fingerprint density at radius 2 is 1.86 bits per heavy atom. The van der Waals surface area contributed by atoms with Crippen LogP contribution in [-0.4, -0.2) is 28.9 Å². The molecule has 0 aliphatic heterocycles. The number of carboxylic acids is 1. The largest absolute Gasteiger partial charge is 0.477 e. The van der Waals surface area contributed by atoms with Gasteiger partial charge in [-0.1, -0.05) is 29.8 Å². The first-order chi connectivity index (χ1) is 10.5. The van der Waals surface area contributed by atoms with E-state index in [1.807, 2.05) is 18.2 Å². The summed E-state index contributed by atoms with van der Waals surface area (Å²) in [6.45, 7) is 0. The predicted octanol–water partition coefficient (Wildman–Crippen LogP) is 3.02. The molecule has 0 aliphatic carbocycles. The van der Waals surface area contributed by atoms with Crippen molar-refractivity contribution in [2.45, 2.75) is 0 Å². The third-order valence-electron chi connectivity index (χ3n) is 2.96. The first kappa shape index (κ1) is 15.7. The van der Waals surface area contributed by atoms with Gasteiger partial charge in [-0.15, -0.1) is 0 Å². The van der Waals surface area contributed by atoms with E-state index in [0.29, 0.717) is 0 Å². The molecule has 0 saturated carbocycles. The molecule has 2 aromatic rings. The molecule has 0 atom stereocenters. The number of hydrogen-bond donors (Lipinski definition) is 1. The fourth-order valence-corrected chi connectivity index (χ4v) is 2.05. The molecule has 0 bridgehead atoms. The van der Waals surface area contributed by atoms with Gasteiger partial charge in [0.05, 0.1) is 5.56 Å². The van der Waals surface area contributed by atoms with Crippen molar-refractivity contribution in [3.63, 3.8) is 0 Å². The molecule has 0 amide bonds. The maximum Gasteiger partial charge on any atom is 0.341 e. The molecule has 1 aromatic heterocycles. The lowest BCUT2D eigenvalue weighted by atomic mass is 10.1. The van der Waals surface area contributed by atoms with Gasteiger partial charge in [-0.05, 0) is 24.3 Å². The van der Waals surface area contributed by atoms with Crippen molar-refractivity contribution >= 4 is 29.0 Å². The van der Waals surface area contributed by atoms with Gasteiger partial charge in [-0.3, -0.25) is 4.79 Å². The van der Waals surface area contributed by atoms with E-state index in [0.717, 1.165) is 5.69 Å². The molecule has 0 unspecified atom stereocenters. The SMILES string of the molecule is CN(C=C(C(=O)O)C(=O)c1cccnc1Cl)c1ccccc1. The highest BCUT2D eigenvalue weighted by Crippen LogP contribution is 2.19. The van der Waals surface area contributed by atoms with E-state index in [4.69, 9.17) is 11.6 Å². The first-order valence-electron chi connectivity index (χ1n) is 6.39. The van der Waals surface area contributed by atoms with Crippen molar-refractivity contribution in [2.24, 2.45) is 0 Å². The topological polar surface area (TPSA) is 70.5 Å². The highest BCUT2D eigenvalue weighted by atomic mass is 35.5. The van der Waals surface area contributed by atoms with E-state index in [1.165, 1.54) is 24.5 Å². The minimum atomic E-state index is -1.33. The van der Waals surface area contributed by atoms with Crippen LogP contribution in [0.1, 0.15) is 10.4 Å². The number of rotatable bonds is 5. The van der Waals surface area contributed by atoms with Crippen LogP contribution in [0.2, 0.25) is 5.15 Å². The van der Waals surface area contributed by atoms with Crippen LogP contribution in [0, 0.1) is 0 Å². The molecule has 1 N–H and O–H groups in total. The Morgan fingerprint density at radius 1 is 1.18 bits per heavy atom. The van der Waals surface area contributed by atoms with Gasteiger partial charge in [-0.25, -0.2) is 9.78 Å². The summed E-state index contributed by atoms with van der Waals surface area (Å²) < 4.78 is 0. The third kappa shape index (κ3) is 3.51. The summed E-state index contributed by atoms with van der Waals surface area (Å²) in [7, 11) is 1.66. The van der Waals surface area contributed by atoms with Crippen molar-refractivity contribution in [2.75, 3.05) is 11.9 Å². The van der Waals surface area contributed by atoms with Gasteiger partial charge in [-0.2, -0.15) is 0 Å². The predicted molar refractivity (Wildman–Crippen MR) is 84.1 cm³/mol.